The van der Waals surface area contributed by atoms with Gasteiger partial charge >= 0.3 is 0 Å². The lowest BCUT2D eigenvalue weighted by atomic mass is 10.1. The van der Waals surface area contributed by atoms with Crippen molar-refractivity contribution in [2.24, 2.45) is 0 Å². The highest BCUT2D eigenvalue weighted by molar-refractivity contribution is 7.17. The fourth-order valence-corrected chi connectivity index (χ4v) is 4.17. The van der Waals surface area contributed by atoms with Crippen LogP contribution in [0.1, 0.15) is 20.8 Å². The molecule has 0 bridgehead atoms. The molecule has 4 rings (SSSR count). The van der Waals surface area contributed by atoms with Crippen molar-refractivity contribution < 1.29 is 9.90 Å². The molecule has 162 valence electrons. The zero-order chi connectivity index (χ0) is 22.0. The van der Waals surface area contributed by atoms with E-state index >= 15 is 0 Å². The number of hydrogen-bond acceptors (Lipinski definition) is 8. The maximum atomic E-state index is 12.7. The second kappa shape index (κ2) is 8.91. The monoisotopic (exact) mass is 438 g/mol. The number of nitrogens with one attached hydrogen (secondary N) is 2. The molecule has 31 heavy (non-hydrogen) atoms. The molecule has 1 saturated heterocycles. The Kier molecular flexibility index (Phi) is 6.06. The van der Waals surface area contributed by atoms with Crippen LogP contribution in [0.2, 0.25) is 0 Å². The molecule has 3 aromatic rings. The van der Waals surface area contributed by atoms with Gasteiger partial charge in [0.15, 0.2) is 5.13 Å². The van der Waals surface area contributed by atoms with Gasteiger partial charge in [0, 0.05) is 31.7 Å². The van der Waals surface area contributed by atoms with E-state index in [1.54, 1.807) is 25.3 Å². The van der Waals surface area contributed by atoms with Crippen LogP contribution in [0.25, 0.3) is 0 Å². The molecule has 3 N–H and O–H groups in total. The first-order valence-electron chi connectivity index (χ1n) is 10.1. The van der Waals surface area contributed by atoms with Gasteiger partial charge in [-0.05, 0) is 44.7 Å². The van der Waals surface area contributed by atoms with Crippen molar-refractivity contribution in [1.82, 2.24) is 14.9 Å². The van der Waals surface area contributed by atoms with E-state index in [4.69, 9.17) is 4.98 Å². The highest BCUT2D eigenvalue weighted by atomic mass is 32.1. The van der Waals surface area contributed by atoms with Gasteiger partial charge in [0.1, 0.15) is 22.3 Å². The Bertz CT molecular complexity index is 1090. The summed E-state index contributed by atoms with van der Waals surface area (Å²) in [7, 11) is 2.13. The van der Waals surface area contributed by atoms with E-state index in [0.29, 0.717) is 27.1 Å². The van der Waals surface area contributed by atoms with Crippen LogP contribution in [0.4, 0.5) is 22.5 Å². The average molecular weight is 439 g/mol. The van der Waals surface area contributed by atoms with E-state index < -0.39 is 0 Å². The van der Waals surface area contributed by atoms with Crippen molar-refractivity contribution in [3.63, 3.8) is 0 Å². The van der Waals surface area contributed by atoms with Gasteiger partial charge in [0.25, 0.3) is 5.91 Å². The highest BCUT2D eigenvalue weighted by Gasteiger charge is 2.17. The van der Waals surface area contributed by atoms with Gasteiger partial charge in [-0.25, -0.2) is 9.97 Å². The Labute approximate surface area is 185 Å². The van der Waals surface area contributed by atoms with Crippen molar-refractivity contribution >= 4 is 39.7 Å². The normalized spacial score (nSPS) is 14.5. The van der Waals surface area contributed by atoms with Crippen molar-refractivity contribution in [3.05, 3.63) is 52.5 Å². The third-order valence-electron chi connectivity index (χ3n) is 5.41. The quantitative estimate of drug-likeness (QED) is 0.560. The average Bonchev–Trinajstić information content (AvgIpc) is 3.23. The Morgan fingerprint density at radius 3 is 2.68 bits per heavy atom. The lowest BCUT2D eigenvalue weighted by molar-refractivity contribution is 0.103. The minimum atomic E-state index is -0.263. The number of amides is 1. The van der Waals surface area contributed by atoms with Crippen molar-refractivity contribution in [2.75, 3.05) is 48.8 Å². The van der Waals surface area contributed by atoms with Gasteiger partial charge in [-0.3, -0.25) is 4.79 Å². The zero-order valence-electron chi connectivity index (χ0n) is 17.8. The van der Waals surface area contributed by atoms with Crippen LogP contribution in [0.15, 0.2) is 36.5 Å². The third-order valence-corrected chi connectivity index (χ3v) is 6.32. The Hall–Kier alpha value is -3.17. The number of carbonyl (C=O) groups is 1. The minimum absolute atomic E-state index is 0.152. The van der Waals surface area contributed by atoms with Gasteiger partial charge in [-0.2, -0.15) is 0 Å². The first-order chi connectivity index (χ1) is 14.9. The Morgan fingerprint density at radius 1 is 1.13 bits per heavy atom. The molecule has 0 spiro atoms. The molecule has 0 saturated carbocycles. The number of hydrogen-bond donors (Lipinski definition) is 3. The third kappa shape index (κ3) is 4.78. The highest BCUT2D eigenvalue weighted by Crippen LogP contribution is 2.29. The molecular formula is C22H26N6O2S. The molecule has 1 aliphatic heterocycles. The molecule has 9 heteroatoms. The SMILES string of the molecule is Cc1ccc(O)c(C)c1NC(=O)c1cnc(Nc2cccc(N3CCN(C)CC3)n2)s1. The van der Waals surface area contributed by atoms with E-state index in [1.165, 1.54) is 11.3 Å². The van der Waals surface area contributed by atoms with Crippen LogP contribution < -0.4 is 15.5 Å². The number of aromatic hydroxyl groups is 1. The number of phenolic OH excluding ortho intramolecular Hbond substituents is 1. The van der Waals surface area contributed by atoms with E-state index in [2.05, 4.69) is 32.5 Å². The maximum Gasteiger partial charge on any atom is 0.267 e. The number of aromatic nitrogens is 2. The number of carbonyl (C=O) groups excluding carboxylic acids is 1. The summed E-state index contributed by atoms with van der Waals surface area (Å²) in [4.78, 5) is 26.8. The summed E-state index contributed by atoms with van der Waals surface area (Å²) < 4.78 is 0. The van der Waals surface area contributed by atoms with E-state index in [0.717, 1.165) is 37.6 Å². The predicted octanol–water partition coefficient (Wildman–Crippen LogP) is 3.61. The minimum Gasteiger partial charge on any atom is -0.508 e. The predicted molar refractivity (Wildman–Crippen MR) is 125 cm³/mol. The Morgan fingerprint density at radius 2 is 1.90 bits per heavy atom. The van der Waals surface area contributed by atoms with Gasteiger partial charge < -0.3 is 25.5 Å². The molecule has 2 aromatic heterocycles. The number of piperazine rings is 1. The van der Waals surface area contributed by atoms with Crippen molar-refractivity contribution in [3.8, 4) is 5.75 Å². The molecule has 0 radical (unpaired) electrons. The molecule has 8 nitrogen and oxygen atoms in total. The van der Waals surface area contributed by atoms with E-state index in [9.17, 15) is 9.90 Å². The van der Waals surface area contributed by atoms with Crippen LogP contribution in [-0.2, 0) is 0 Å². The summed E-state index contributed by atoms with van der Waals surface area (Å²) >= 11 is 1.26. The second-order valence-corrected chi connectivity index (χ2v) is 8.71. The summed E-state index contributed by atoms with van der Waals surface area (Å²) in [6.45, 7) is 7.59. The fraction of sp³-hybridized carbons (Fsp3) is 0.318. The molecule has 1 amide bonds. The van der Waals surface area contributed by atoms with Crippen molar-refractivity contribution in [1.29, 1.82) is 0 Å². The molecule has 1 fully saturated rings. The summed E-state index contributed by atoms with van der Waals surface area (Å²) in [5, 5.41) is 16.6. The fourth-order valence-electron chi connectivity index (χ4n) is 3.45. The topological polar surface area (TPSA) is 93.6 Å². The molecule has 3 heterocycles. The number of anilines is 4. The second-order valence-electron chi connectivity index (χ2n) is 7.68. The summed E-state index contributed by atoms with van der Waals surface area (Å²) in [5.74, 6) is 1.51. The summed E-state index contributed by atoms with van der Waals surface area (Å²) in [5.41, 5.74) is 2.15. The molecule has 0 aliphatic carbocycles. The van der Waals surface area contributed by atoms with Crippen LogP contribution in [0, 0.1) is 13.8 Å². The largest absolute Gasteiger partial charge is 0.508 e. The number of rotatable bonds is 5. The molecule has 0 atom stereocenters. The number of phenols is 1. The molecule has 1 aliphatic rings. The lowest BCUT2D eigenvalue weighted by Gasteiger charge is -2.33. The van der Waals surface area contributed by atoms with E-state index in [-0.39, 0.29) is 11.7 Å². The van der Waals surface area contributed by atoms with Gasteiger partial charge in [0.05, 0.1) is 11.9 Å². The number of thiazole rings is 1. The summed E-state index contributed by atoms with van der Waals surface area (Å²) in [6.07, 6.45) is 1.54. The van der Waals surface area contributed by atoms with Crippen molar-refractivity contribution in [2.45, 2.75) is 13.8 Å². The maximum absolute atomic E-state index is 12.7. The summed E-state index contributed by atoms with van der Waals surface area (Å²) in [6, 6.07) is 9.27. The smallest absolute Gasteiger partial charge is 0.267 e. The van der Waals surface area contributed by atoms with Gasteiger partial charge in [0.2, 0.25) is 0 Å². The Balaban J connectivity index is 1.44. The number of aryl methyl sites for hydroxylation is 1. The van der Waals surface area contributed by atoms with Crippen LogP contribution in [0.3, 0.4) is 0 Å². The first kappa shape index (κ1) is 21.1. The molecule has 1 aromatic carbocycles. The van der Waals surface area contributed by atoms with Gasteiger partial charge in [-0.15, -0.1) is 0 Å². The van der Waals surface area contributed by atoms with Gasteiger partial charge in [-0.1, -0.05) is 23.5 Å². The number of likely N-dealkylation sites (N-methyl/N-ethyl adjacent to an activating group) is 1. The zero-order valence-corrected chi connectivity index (χ0v) is 18.7. The number of nitrogens with zero attached hydrogens (tertiary/aromatic N) is 4. The number of pyridine rings is 1. The lowest BCUT2D eigenvalue weighted by Crippen LogP contribution is -2.44. The molecule has 0 unspecified atom stereocenters. The van der Waals surface area contributed by atoms with Crippen LogP contribution in [0.5, 0.6) is 5.75 Å². The molecular weight excluding hydrogens is 412 g/mol. The van der Waals surface area contributed by atoms with Crippen LogP contribution >= 0.6 is 11.3 Å². The standard InChI is InChI=1S/C22H26N6O2S/c1-14-7-8-16(29)15(2)20(14)26-21(30)17-13-23-22(31-17)25-18-5-4-6-19(24-18)28-11-9-27(3)10-12-28/h4-8,13,29H,9-12H2,1-3H3,(H,26,30)(H,23,24,25). The first-order valence-corrected chi connectivity index (χ1v) is 11.0. The van der Waals surface area contributed by atoms with Crippen LogP contribution in [-0.4, -0.2) is 59.1 Å². The van der Waals surface area contributed by atoms with E-state index in [1.807, 2.05) is 25.1 Å². The number of benzene rings is 1.